The number of carbonyl (C=O) groups excluding carboxylic acids is 2. The van der Waals surface area contributed by atoms with Crippen LogP contribution in [0.4, 0.5) is 5.69 Å². The first kappa shape index (κ1) is 31.9. The second kappa shape index (κ2) is 14.4. The molecule has 0 bridgehead atoms. The van der Waals surface area contributed by atoms with Gasteiger partial charge in [0, 0.05) is 18.7 Å². The molecule has 1 N–H and O–H groups in total. The molecule has 0 aromatic heterocycles. The number of nitrogens with one attached hydrogen (secondary N) is 1. The minimum absolute atomic E-state index is 0.0543. The van der Waals surface area contributed by atoms with Crippen LogP contribution in [0.2, 0.25) is 0 Å². The lowest BCUT2D eigenvalue weighted by Gasteiger charge is -2.32. The number of sulfonamides is 1. The smallest absolute Gasteiger partial charge is 0.264 e. The standard InChI is InChI=1S/C33H41N3O6S/c1-24-14-16-28(17-15-24)36(43(39,40)29-18-19-30(41-3)31(22-29)42-4)23-32(37)35(21-20-26-10-6-5-7-11-26)25(2)33(38)34-27-12-8-9-13-27/h5-7,10-11,14-19,22,25,27H,8-9,12-13,20-21,23H2,1-4H3,(H,34,38). The Hall–Kier alpha value is -4.05. The minimum Gasteiger partial charge on any atom is -0.493 e. The summed E-state index contributed by atoms with van der Waals surface area (Å²) in [7, 11) is -1.34. The van der Waals surface area contributed by atoms with Crippen LogP contribution in [0.25, 0.3) is 0 Å². The Morgan fingerprint density at radius 3 is 2.21 bits per heavy atom. The molecule has 4 rings (SSSR count). The molecule has 0 radical (unpaired) electrons. The second-order valence-electron chi connectivity index (χ2n) is 10.9. The van der Waals surface area contributed by atoms with Crippen molar-refractivity contribution in [3.63, 3.8) is 0 Å². The number of ether oxygens (including phenoxy) is 2. The van der Waals surface area contributed by atoms with Crippen LogP contribution in [-0.2, 0) is 26.0 Å². The predicted molar refractivity (Wildman–Crippen MR) is 167 cm³/mol. The summed E-state index contributed by atoms with van der Waals surface area (Å²) in [6.45, 7) is 3.36. The van der Waals surface area contributed by atoms with Gasteiger partial charge in [0.1, 0.15) is 12.6 Å². The lowest BCUT2D eigenvalue weighted by molar-refractivity contribution is -0.139. The fourth-order valence-electron chi connectivity index (χ4n) is 5.31. The minimum atomic E-state index is -4.24. The van der Waals surface area contributed by atoms with Crippen molar-refractivity contribution in [3.8, 4) is 11.5 Å². The predicted octanol–water partition coefficient (Wildman–Crippen LogP) is 4.73. The molecule has 1 atom stereocenters. The molecule has 3 aromatic rings. The van der Waals surface area contributed by atoms with Crippen LogP contribution in [0.5, 0.6) is 11.5 Å². The van der Waals surface area contributed by atoms with Crippen LogP contribution >= 0.6 is 0 Å². The number of hydrogen-bond acceptors (Lipinski definition) is 6. The molecule has 0 heterocycles. The molecule has 0 spiro atoms. The molecular weight excluding hydrogens is 566 g/mol. The topological polar surface area (TPSA) is 105 Å². The van der Waals surface area contributed by atoms with Crippen molar-refractivity contribution in [1.29, 1.82) is 0 Å². The maximum Gasteiger partial charge on any atom is 0.264 e. The number of nitrogens with zero attached hydrogens (tertiary/aromatic N) is 2. The molecule has 0 saturated heterocycles. The molecule has 1 unspecified atom stereocenters. The molecular formula is C33H41N3O6S. The normalized spacial score (nSPS) is 14.1. The first-order valence-electron chi connectivity index (χ1n) is 14.6. The zero-order valence-corrected chi connectivity index (χ0v) is 26.1. The quantitative estimate of drug-likeness (QED) is 0.301. The average Bonchev–Trinajstić information content (AvgIpc) is 3.53. The number of rotatable bonds is 13. The van der Waals surface area contributed by atoms with E-state index in [0.717, 1.165) is 41.1 Å². The summed E-state index contributed by atoms with van der Waals surface area (Å²) in [6, 6.07) is 20.2. The van der Waals surface area contributed by atoms with Crippen molar-refractivity contribution in [2.45, 2.75) is 62.9 Å². The van der Waals surface area contributed by atoms with Gasteiger partial charge in [-0.2, -0.15) is 0 Å². The molecule has 9 nitrogen and oxygen atoms in total. The van der Waals surface area contributed by atoms with Crippen molar-refractivity contribution >= 4 is 27.5 Å². The number of hydrogen-bond donors (Lipinski definition) is 1. The van der Waals surface area contributed by atoms with Crippen molar-refractivity contribution in [2.75, 3.05) is 31.6 Å². The summed E-state index contributed by atoms with van der Waals surface area (Å²) in [4.78, 5) is 28.9. The second-order valence-corrected chi connectivity index (χ2v) is 12.7. The number of anilines is 1. The Kier molecular flexibility index (Phi) is 10.7. The molecule has 230 valence electrons. The molecule has 0 aliphatic heterocycles. The molecule has 1 aliphatic carbocycles. The third-order valence-corrected chi connectivity index (χ3v) is 9.67. The van der Waals surface area contributed by atoms with Gasteiger partial charge in [-0.15, -0.1) is 0 Å². The Labute approximate surface area is 254 Å². The monoisotopic (exact) mass is 607 g/mol. The van der Waals surface area contributed by atoms with Crippen molar-refractivity contribution in [2.24, 2.45) is 0 Å². The first-order chi connectivity index (χ1) is 20.6. The Balaban J connectivity index is 1.67. The van der Waals surface area contributed by atoms with E-state index in [0.29, 0.717) is 17.9 Å². The van der Waals surface area contributed by atoms with Crippen LogP contribution < -0.4 is 19.1 Å². The number of amides is 2. The van der Waals surface area contributed by atoms with Gasteiger partial charge < -0.3 is 19.7 Å². The van der Waals surface area contributed by atoms with Crippen LogP contribution in [0, 0.1) is 6.92 Å². The zero-order valence-electron chi connectivity index (χ0n) is 25.3. The molecule has 1 saturated carbocycles. The highest BCUT2D eigenvalue weighted by atomic mass is 32.2. The Morgan fingerprint density at radius 1 is 0.930 bits per heavy atom. The third-order valence-electron chi connectivity index (χ3n) is 7.90. The van der Waals surface area contributed by atoms with E-state index in [4.69, 9.17) is 9.47 Å². The fourth-order valence-corrected chi connectivity index (χ4v) is 6.74. The zero-order chi connectivity index (χ0) is 31.0. The van der Waals surface area contributed by atoms with E-state index >= 15 is 0 Å². The molecule has 3 aromatic carbocycles. The molecule has 10 heteroatoms. The summed E-state index contributed by atoms with van der Waals surface area (Å²) in [5.74, 6) is -0.0818. The van der Waals surface area contributed by atoms with E-state index in [2.05, 4.69) is 5.32 Å². The number of aryl methyl sites for hydroxylation is 1. The molecule has 43 heavy (non-hydrogen) atoms. The highest BCUT2D eigenvalue weighted by molar-refractivity contribution is 7.92. The summed E-state index contributed by atoms with van der Waals surface area (Å²) in [5.41, 5.74) is 2.29. The van der Waals surface area contributed by atoms with E-state index in [1.54, 1.807) is 31.2 Å². The van der Waals surface area contributed by atoms with Crippen LogP contribution in [0.15, 0.2) is 77.7 Å². The largest absolute Gasteiger partial charge is 0.493 e. The third kappa shape index (κ3) is 7.87. The van der Waals surface area contributed by atoms with Gasteiger partial charge in [-0.3, -0.25) is 13.9 Å². The van der Waals surface area contributed by atoms with Gasteiger partial charge in [0.15, 0.2) is 11.5 Å². The van der Waals surface area contributed by atoms with Crippen molar-refractivity contribution in [1.82, 2.24) is 10.2 Å². The first-order valence-corrected chi connectivity index (χ1v) is 16.0. The summed E-state index contributed by atoms with van der Waals surface area (Å²) < 4.78 is 40.0. The number of methoxy groups -OCH3 is 2. The molecule has 2 amide bonds. The Bertz CT molecular complexity index is 1490. The van der Waals surface area contributed by atoms with Crippen molar-refractivity contribution < 1.29 is 27.5 Å². The van der Waals surface area contributed by atoms with Gasteiger partial charge in [-0.1, -0.05) is 60.9 Å². The van der Waals surface area contributed by atoms with E-state index in [-0.39, 0.29) is 29.1 Å². The van der Waals surface area contributed by atoms with Crippen LogP contribution in [0.1, 0.15) is 43.7 Å². The lowest BCUT2D eigenvalue weighted by atomic mass is 10.1. The highest BCUT2D eigenvalue weighted by Crippen LogP contribution is 2.32. The van der Waals surface area contributed by atoms with Gasteiger partial charge >= 0.3 is 0 Å². The van der Waals surface area contributed by atoms with E-state index < -0.39 is 28.5 Å². The summed E-state index contributed by atoms with van der Waals surface area (Å²) in [6.07, 6.45) is 4.48. The molecule has 1 aliphatic rings. The van der Waals surface area contributed by atoms with Gasteiger partial charge in [-0.25, -0.2) is 8.42 Å². The number of carbonyl (C=O) groups is 2. The van der Waals surface area contributed by atoms with E-state index in [1.165, 1.54) is 37.3 Å². The highest BCUT2D eigenvalue weighted by Gasteiger charge is 2.33. The Morgan fingerprint density at radius 2 is 1.58 bits per heavy atom. The van der Waals surface area contributed by atoms with Gasteiger partial charge in [0.25, 0.3) is 10.0 Å². The van der Waals surface area contributed by atoms with Gasteiger partial charge in [0.2, 0.25) is 11.8 Å². The maximum absolute atomic E-state index is 14.1. The maximum atomic E-state index is 14.1. The van der Waals surface area contributed by atoms with Gasteiger partial charge in [-0.05, 0) is 62.9 Å². The van der Waals surface area contributed by atoms with Gasteiger partial charge in [0.05, 0.1) is 24.8 Å². The summed E-state index contributed by atoms with van der Waals surface area (Å²) >= 11 is 0. The summed E-state index contributed by atoms with van der Waals surface area (Å²) in [5, 5.41) is 3.09. The average molecular weight is 608 g/mol. The van der Waals surface area contributed by atoms with E-state index in [1.807, 2.05) is 37.3 Å². The number of benzene rings is 3. The SMILES string of the molecule is COc1ccc(S(=O)(=O)N(CC(=O)N(CCc2ccccc2)C(C)C(=O)NC2CCCC2)c2ccc(C)cc2)cc1OC. The van der Waals surface area contributed by atoms with Crippen LogP contribution in [-0.4, -0.2) is 64.5 Å². The lowest BCUT2D eigenvalue weighted by Crippen LogP contribution is -2.53. The van der Waals surface area contributed by atoms with Crippen LogP contribution in [0.3, 0.4) is 0 Å². The van der Waals surface area contributed by atoms with E-state index in [9.17, 15) is 18.0 Å². The van der Waals surface area contributed by atoms with Crippen molar-refractivity contribution in [3.05, 3.63) is 83.9 Å². The fraction of sp³-hybridized carbons (Fsp3) is 0.394. The molecule has 1 fully saturated rings.